The molecular formula is C52H90O14. The van der Waals surface area contributed by atoms with Gasteiger partial charge < -0.3 is 64.2 Å². The fraction of sp³-hybridized carbons (Fsp3) is 0.788. The largest absolute Gasteiger partial charge is 0.457 e. The Hall–Kier alpha value is -2.31. The molecule has 11 atom stereocenters. The number of allylic oxidation sites excluding steroid dienone is 10. The van der Waals surface area contributed by atoms with Crippen LogP contribution in [0.2, 0.25) is 0 Å². The molecule has 0 saturated carbocycles. The monoisotopic (exact) mass is 939 g/mol. The van der Waals surface area contributed by atoms with Gasteiger partial charge in [-0.2, -0.15) is 0 Å². The molecule has 7 N–H and O–H groups in total. The van der Waals surface area contributed by atoms with Crippen LogP contribution in [0, 0.1) is 0 Å². The molecule has 0 aromatic rings. The fourth-order valence-corrected chi connectivity index (χ4v) is 7.63. The molecule has 2 aliphatic heterocycles. The lowest BCUT2D eigenvalue weighted by Crippen LogP contribution is -2.61. The Morgan fingerprint density at radius 2 is 0.985 bits per heavy atom. The molecule has 66 heavy (non-hydrogen) atoms. The van der Waals surface area contributed by atoms with E-state index in [0.717, 1.165) is 83.5 Å². The second kappa shape index (κ2) is 39.5. The van der Waals surface area contributed by atoms with Crippen LogP contribution in [-0.2, 0) is 33.2 Å². The lowest BCUT2D eigenvalue weighted by molar-refractivity contribution is -0.332. The summed E-state index contributed by atoms with van der Waals surface area (Å²) < 4.78 is 34.2. The summed E-state index contributed by atoms with van der Waals surface area (Å²) in [6.07, 6.45) is 30.0. The average molecular weight is 939 g/mol. The van der Waals surface area contributed by atoms with E-state index in [4.69, 9.17) is 28.4 Å². The third kappa shape index (κ3) is 27.0. The molecule has 2 fully saturated rings. The second-order valence-corrected chi connectivity index (χ2v) is 17.6. The van der Waals surface area contributed by atoms with Gasteiger partial charge in [-0.3, -0.25) is 4.79 Å². The zero-order valence-electron chi connectivity index (χ0n) is 40.4. The van der Waals surface area contributed by atoms with Crippen molar-refractivity contribution in [2.75, 3.05) is 33.0 Å². The molecule has 0 bridgehead atoms. The lowest BCUT2D eigenvalue weighted by atomic mass is 9.98. The van der Waals surface area contributed by atoms with Crippen LogP contribution in [0.1, 0.15) is 162 Å². The minimum absolute atomic E-state index is 0.0513. The summed E-state index contributed by atoms with van der Waals surface area (Å²) in [5.41, 5.74) is 0. The Kier molecular flexibility index (Phi) is 35.8. The normalized spacial score (nSPS) is 26.8. The summed E-state index contributed by atoms with van der Waals surface area (Å²) in [6, 6.07) is 0. The molecule has 0 aliphatic carbocycles. The van der Waals surface area contributed by atoms with Crippen LogP contribution < -0.4 is 0 Å². The van der Waals surface area contributed by atoms with E-state index in [1.807, 2.05) is 0 Å². The molecule has 14 heteroatoms. The summed E-state index contributed by atoms with van der Waals surface area (Å²) in [7, 11) is 0. The zero-order chi connectivity index (χ0) is 48.0. The van der Waals surface area contributed by atoms with Gasteiger partial charge in [0.2, 0.25) is 0 Å². The van der Waals surface area contributed by atoms with Gasteiger partial charge in [-0.15, -0.1) is 0 Å². The first-order chi connectivity index (χ1) is 32.1. The number of carbonyl (C=O) groups excluding carboxylic acids is 1. The standard InChI is InChI=1S/C52H90O14/c1-3-5-7-9-11-13-15-16-17-18-19-20-21-22-23-24-25-27-29-31-33-35-44(54)64-41(38-61-36-34-32-30-28-26-14-12-10-8-6-4-2)39-62-51-50(60)48(58)46(56)43(66-51)40-63-52-49(59)47(57)45(55)42(37-53)65-52/h5,7-8,10-11,13,16-17,19-20,41-43,45-53,55-60H,3-4,6,9,12,14-15,18,21-40H2,1-2H3/b7-5-,10-8-,13-11-,17-16-,20-19-. The van der Waals surface area contributed by atoms with Crippen molar-refractivity contribution in [3.63, 3.8) is 0 Å². The third-order valence-corrected chi connectivity index (χ3v) is 11.7. The molecule has 0 aromatic heterocycles. The van der Waals surface area contributed by atoms with Gasteiger partial charge in [0.05, 0.1) is 26.4 Å². The van der Waals surface area contributed by atoms with Crippen LogP contribution in [0.4, 0.5) is 0 Å². The number of rotatable bonds is 39. The highest BCUT2D eigenvalue weighted by Gasteiger charge is 2.47. The first-order valence-electron chi connectivity index (χ1n) is 25.4. The van der Waals surface area contributed by atoms with Gasteiger partial charge in [0.1, 0.15) is 54.9 Å². The Bertz CT molecular complexity index is 1320. The van der Waals surface area contributed by atoms with E-state index in [1.54, 1.807) is 0 Å². The van der Waals surface area contributed by atoms with Crippen LogP contribution in [0.15, 0.2) is 60.8 Å². The fourth-order valence-electron chi connectivity index (χ4n) is 7.63. The first-order valence-corrected chi connectivity index (χ1v) is 25.4. The highest BCUT2D eigenvalue weighted by Crippen LogP contribution is 2.26. The molecule has 0 spiro atoms. The van der Waals surface area contributed by atoms with Crippen LogP contribution >= 0.6 is 0 Å². The SMILES string of the molecule is CC/C=C\C/C=C\C/C=C\C/C=C\CCCCCCCCCCC(=O)OC(COCCCCCCCC/C=C\CCC)COC1OC(COC2OC(CO)C(O)C(O)C2O)C(O)C(O)C1O. The molecule has 382 valence electrons. The van der Waals surface area contributed by atoms with E-state index in [0.29, 0.717) is 13.0 Å². The Balaban J connectivity index is 1.75. The smallest absolute Gasteiger partial charge is 0.306 e. The van der Waals surface area contributed by atoms with Crippen molar-refractivity contribution in [1.82, 2.24) is 0 Å². The van der Waals surface area contributed by atoms with E-state index in [2.05, 4.69) is 74.6 Å². The van der Waals surface area contributed by atoms with Crippen molar-refractivity contribution in [2.24, 2.45) is 0 Å². The van der Waals surface area contributed by atoms with Gasteiger partial charge in [-0.05, 0) is 70.6 Å². The topological polar surface area (TPSA) is 214 Å². The summed E-state index contributed by atoms with van der Waals surface area (Å²) in [6.45, 7) is 3.48. The van der Waals surface area contributed by atoms with Crippen LogP contribution in [0.5, 0.6) is 0 Å². The Morgan fingerprint density at radius 3 is 1.56 bits per heavy atom. The Morgan fingerprint density at radius 1 is 0.515 bits per heavy atom. The predicted molar refractivity (Wildman–Crippen MR) is 256 cm³/mol. The van der Waals surface area contributed by atoms with Gasteiger partial charge in [0, 0.05) is 13.0 Å². The predicted octanol–water partition coefficient (Wildman–Crippen LogP) is 7.35. The molecule has 2 aliphatic rings. The minimum Gasteiger partial charge on any atom is -0.457 e. The molecule has 0 radical (unpaired) electrons. The summed E-state index contributed by atoms with van der Waals surface area (Å²) in [4.78, 5) is 13.0. The molecule has 0 amide bonds. The summed E-state index contributed by atoms with van der Waals surface area (Å²) in [5.74, 6) is -0.390. The highest BCUT2D eigenvalue weighted by molar-refractivity contribution is 5.69. The average Bonchev–Trinajstić information content (AvgIpc) is 3.31. The maximum atomic E-state index is 13.0. The number of hydrogen-bond acceptors (Lipinski definition) is 14. The summed E-state index contributed by atoms with van der Waals surface area (Å²) >= 11 is 0. The summed E-state index contributed by atoms with van der Waals surface area (Å²) in [5, 5.41) is 72.1. The lowest BCUT2D eigenvalue weighted by Gasteiger charge is -2.42. The minimum atomic E-state index is -1.71. The van der Waals surface area contributed by atoms with Crippen molar-refractivity contribution in [3.05, 3.63) is 60.8 Å². The second-order valence-electron chi connectivity index (χ2n) is 17.6. The zero-order valence-corrected chi connectivity index (χ0v) is 40.4. The molecule has 2 rings (SSSR count). The van der Waals surface area contributed by atoms with E-state index in [-0.39, 0.29) is 25.6 Å². The van der Waals surface area contributed by atoms with E-state index in [1.165, 1.54) is 51.4 Å². The number of aliphatic hydroxyl groups is 7. The molecular weight excluding hydrogens is 849 g/mol. The van der Waals surface area contributed by atoms with Gasteiger partial charge in [0.15, 0.2) is 12.6 Å². The molecule has 2 heterocycles. The maximum absolute atomic E-state index is 13.0. The van der Waals surface area contributed by atoms with Crippen molar-refractivity contribution >= 4 is 5.97 Å². The number of ether oxygens (including phenoxy) is 6. The van der Waals surface area contributed by atoms with Crippen molar-refractivity contribution < 1.29 is 69.0 Å². The van der Waals surface area contributed by atoms with Gasteiger partial charge in [0.25, 0.3) is 0 Å². The van der Waals surface area contributed by atoms with E-state index in [9.17, 15) is 40.5 Å². The maximum Gasteiger partial charge on any atom is 0.306 e. The number of hydrogen-bond donors (Lipinski definition) is 7. The number of unbranched alkanes of at least 4 members (excludes halogenated alkanes) is 15. The number of carbonyl (C=O) groups is 1. The van der Waals surface area contributed by atoms with E-state index >= 15 is 0 Å². The van der Waals surface area contributed by atoms with E-state index < -0.39 is 80.7 Å². The van der Waals surface area contributed by atoms with Crippen LogP contribution in [0.25, 0.3) is 0 Å². The quantitative estimate of drug-likeness (QED) is 0.0183. The van der Waals surface area contributed by atoms with Crippen LogP contribution in [0.3, 0.4) is 0 Å². The van der Waals surface area contributed by atoms with Gasteiger partial charge in [-0.25, -0.2) is 0 Å². The first kappa shape index (κ1) is 59.8. The van der Waals surface area contributed by atoms with Crippen molar-refractivity contribution in [2.45, 2.75) is 229 Å². The molecule has 11 unspecified atom stereocenters. The van der Waals surface area contributed by atoms with Gasteiger partial charge >= 0.3 is 5.97 Å². The van der Waals surface area contributed by atoms with Crippen molar-refractivity contribution in [3.8, 4) is 0 Å². The van der Waals surface area contributed by atoms with Gasteiger partial charge in [-0.1, -0.05) is 145 Å². The highest BCUT2D eigenvalue weighted by atomic mass is 16.7. The molecule has 0 aromatic carbocycles. The van der Waals surface area contributed by atoms with Crippen LogP contribution in [-0.4, -0.2) is 142 Å². The Labute approximate surface area is 396 Å². The number of esters is 1. The molecule has 14 nitrogen and oxygen atoms in total. The third-order valence-electron chi connectivity index (χ3n) is 11.7. The number of aliphatic hydroxyl groups excluding tert-OH is 7. The molecule has 2 saturated heterocycles. The van der Waals surface area contributed by atoms with Crippen molar-refractivity contribution in [1.29, 1.82) is 0 Å².